The molecule has 0 bridgehead atoms. The Hall–Kier alpha value is -2.42. The van der Waals surface area contributed by atoms with E-state index in [-0.39, 0.29) is 0 Å². The number of para-hydroxylation sites is 1. The molecule has 2 aromatic carbocycles. The normalized spacial score (nSPS) is 13.6. The van der Waals surface area contributed by atoms with Crippen LogP contribution in [0, 0.1) is 20.7 Å². The summed E-state index contributed by atoms with van der Waals surface area (Å²) in [5.41, 5.74) is 4.23. The lowest BCUT2D eigenvalue weighted by Crippen LogP contribution is -2.39. The van der Waals surface area contributed by atoms with Gasteiger partial charge in [0.15, 0.2) is 0 Å². The minimum atomic E-state index is -2.13. The van der Waals surface area contributed by atoms with Crippen molar-refractivity contribution >= 4 is 0 Å². The first-order chi connectivity index (χ1) is 11.3. The quantitative estimate of drug-likeness (QED) is 0.661. The summed E-state index contributed by atoms with van der Waals surface area (Å²) in [6, 6.07) is 13.4. The van der Waals surface area contributed by atoms with Crippen LogP contribution >= 0.6 is 0 Å². The topological polar surface area (TPSA) is 21.7 Å². The molecule has 0 radical (unpaired) electrons. The van der Waals surface area contributed by atoms with Crippen LogP contribution in [0.15, 0.2) is 48.8 Å². The van der Waals surface area contributed by atoms with Gasteiger partial charge >= 0.3 is 5.82 Å². The first kappa shape index (κ1) is 10.3. The second kappa shape index (κ2) is 5.17. The number of aromatic nitrogens is 3. The second-order valence-electron chi connectivity index (χ2n) is 5.31. The van der Waals surface area contributed by atoms with E-state index in [1.807, 2.05) is 47.6 Å². The van der Waals surface area contributed by atoms with E-state index >= 15 is 0 Å². The third-order valence-corrected chi connectivity index (χ3v) is 3.62. The summed E-state index contributed by atoms with van der Waals surface area (Å²) >= 11 is 0. The molecule has 3 aromatic rings. The summed E-state index contributed by atoms with van der Waals surface area (Å²) in [5.74, 6) is 0.729. The summed E-state index contributed by atoms with van der Waals surface area (Å²) in [4.78, 5) is 4.51. The lowest BCUT2D eigenvalue weighted by Gasteiger charge is -2.06. The fourth-order valence-electron chi connectivity index (χ4n) is 2.59. The van der Waals surface area contributed by atoms with Gasteiger partial charge in [0.25, 0.3) is 0 Å². The third kappa shape index (κ3) is 2.47. The molecule has 0 fully saturated rings. The van der Waals surface area contributed by atoms with Crippen LogP contribution in [0.25, 0.3) is 17.1 Å². The van der Waals surface area contributed by atoms with Gasteiger partial charge in [0.2, 0.25) is 6.33 Å². The van der Waals surface area contributed by atoms with Gasteiger partial charge in [-0.15, -0.1) is 9.36 Å². The average molecular weight is 281 g/mol. The summed E-state index contributed by atoms with van der Waals surface area (Å²) in [5, 5.41) is 0. The number of hydrogen-bond donors (Lipinski definition) is 0. The van der Waals surface area contributed by atoms with Crippen LogP contribution in [0.4, 0.5) is 0 Å². The molecule has 3 heteroatoms. The maximum Gasteiger partial charge on any atom is 0.350 e. The highest BCUT2D eigenvalue weighted by atomic mass is 15.4. The van der Waals surface area contributed by atoms with E-state index in [4.69, 9.17) is 4.11 Å². The second-order valence-corrected chi connectivity index (χ2v) is 5.31. The van der Waals surface area contributed by atoms with E-state index in [0.29, 0.717) is 5.56 Å². The van der Waals surface area contributed by atoms with Gasteiger partial charge in [-0.1, -0.05) is 24.3 Å². The van der Waals surface area contributed by atoms with Crippen molar-refractivity contribution in [2.24, 2.45) is 7.05 Å². The minimum absolute atomic E-state index is 0.336. The Balaban J connectivity index is 2.13. The van der Waals surface area contributed by atoms with Crippen LogP contribution in [0.5, 0.6) is 0 Å². The van der Waals surface area contributed by atoms with Crippen LogP contribution in [-0.4, -0.2) is 9.67 Å². The molecule has 0 N–H and O–H groups in total. The Morgan fingerprint density at radius 3 is 2.62 bits per heavy atom. The highest BCUT2D eigenvalue weighted by Gasteiger charge is 2.19. The van der Waals surface area contributed by atoms with Gasteiger partial charge in [-0.25, -0.2) is 0 Å². The largest absolute Gasteiger partial charge is 0.350 e. The predicted octanol–water partition coefficient (Wildman–Crippen LogP) is 3.29. The van der Waals surface area contributed by atoms with Crippen molar-refractivity contribution in [1.82, 2.24) is 9.67 Å². The zero-order chi connectivity index (χ0) is 17.5. The smallest absolute Gasteiger partial charge is 0.148 e. The summed E-state index contributed by atoms with van der Waals surface area (Å²) < 4.78 is 26.8. The van der Waals surface area contributed by atoms with Gasteiger partial charge in [0, 0.05) is 4.11 Å². The predicted molar refractivity (Wildman–Crippen MR) is 84.4 cm³/mol. The van der Waals surface area contributed by atoms with Gasteiger partial charge in [-0.2, -0.15) is 0 Å². The number of benzene rings is 2. The number of hydrogen-bond acceptors (Lipinski definition) is 1. The molecule has 0 unspecified atom stereocenters. The third-order valence-electron chi connectivity index (χ3n) is 3.62. The standard InChI is InChI=1S/C18H20N3/c1-13-9-14(2)11-16(10-13)18-19-12-21(20(18)4)17-8-6-5-7-15(17)3/h5-12H,1-4H3/q+1/i1D3. The number of rotatable bonds is 2. The molecule has 1 aromatic heterocycles. The first-order valence-electron chi connectivity index (χ1n) is 8.39. The van der Waals surface area contributed by atoms with Crippen molar-refractivity contribution in [3.8, 4) is 17.1 Å². The molecule has 1 heterocycles. The molecule has 0 aliphatic heterocycles. The van der Waals surface area contributed by atoms with Crippen molar-refractivity contribution in [3.63, 3.8) is 0 Å². The monoisotopic (exact) mass is 281 g/mol. The first-order valence-corrected chi connectivity index (χ1v) is 6.89. The molecule has 106 valence electrons. The zero-order valence-electron chi connectivity index (χ0n) is 15.5. The lowest BCUT2D eigenvalue weighted by molar-refractivity contribution is -0.735. The number of nitrogens with zero attached hydrogens (tertiary/aromatic N) is 3. The summed E-state index contributed by atoms with van der Waals surface area (Å²) in [6.45, 7) is 1.82. The fourth-order valence-corrected chi connectivity index (χ4v) is 2.59. The van der Waals surface area contributed by atoms with Crippen molar-refractivity contribution in [3.05, 3.63) is 65.5 Å². The van der Waals surface area contributed by atoms with E-state index in [9.17, 15) is 0 Å². The minimum Gasteiger partial charge on any atom is -0.148 e. The number of aryl methyl sites for hydroxylation is 3. The SMILES string of the molecule is [2H]C([2H])([2H])c1cc(C)cc(-c2ncn(-c3ccccc3C)[n+]2C)c1. The van der Waals surface area contributed by atoms with Gasteiger partial charge in [0.1, 0.15) is 7.05 Å². The Morgan fingerprint density at radius 2 is 1.86 bits per heavy atom. The maximum absolute atomic E-state index is 7.65. The molecule has 0 spiro atoms. The molecule has 0 saturated carbocycles. The highest BCUT2D eigenvalue weighted by Crippen LogP contribution is 2.19. The molecule has 0 saturated heterocycles. The summed E-state index contributed by atoms with van der Waals surface area (Å²) in [7, 11) is 1.92. The van der Waals surface area contributed by atoms with E-state index in [0.717, 1.165) is 28.2 Å². The van der Waals surface area contributed by atoms with Crippen LogP contribution in [0.1, 0.15) is 20.8 Å². The average Bonchev–Trinajstić information content (AvgIpc) is 2.88. The molecule has 3 nitrogen and oxygen atoms in total. The maximum atomic E-state index is 7.65. The summed E-state index contributed by atoms with van der Waals surface area (Å²) in [6.07, 6.45) is 1.76. The molecule has 0 aliphatic rings. The van der Waals surface area contributed by atoms with Crippen molar-refractivity contribution in [2.45, 2.75) is 20.7 Å². The van der Waals surface area contributed by atoms with Crippen LogP contribution in [0.2, 0.25) is 0 Å². The fraction of sp³-hybridized carbons (Fsp3) is 0.222. The molecule has 0 amide bonds. The van der Waals surface area contributed by atoms with Gasteiger partial charge in [-0.3, -0.25) is 0 Å². The molecule has 0 aliphatic carbocycles. The molecular formula is C18H20N3+. The molecular weight excluding hydrogens is 258 g/mol. The van der Waals surface area contributed by atoms with E-state index in [1.165, 1.54) is 0 Å². The van der Waals surface area contributed by atoms with Crippen LogP contribution in [0.3, 0.4) is 0 Å². The highest BCUT2D eigenvalue weighted by molar-refractivity contribution is 5.55. The van der Waals surface area contributed by atoms with Crippen LogP contribution < -0.4 is 4.68 Å². The zero-order valence-corrected chi connectivity index (χ0v) is 12.5. The van der Waals surface area contributed by atoms with E-state index in [1.54, 1.807) is 18.5 Å². The molecule has 0 atom stereocenters. The lowest BCUT2D eigenvalue weighted by atomic mass is 10.1. The Morgan fingerprint density at radius 1 is 1.10 bits per heavy atom. The van der Waals surface area contributed by atoms with E-state index < -0.39 is 6.85 Å². The van der Waals surface area contributed by atoms with Crippen LogP contribution in [-0.2, 0) is 7.05 Å². The van der Waals surface area contributed by atoms with Crippen molar-refractivity contribution in [2.75, 3.05) is 0 Å². The molecule has 3 rings (SSSR count). The van der Waals surface area contributed by atoms with Gasteiger partial charge < -0.3 is 0 Å². The Labute approximate surface area is 129 Å². The van der Waals surface area contributed by atoms with Gasteiger partial charge in [0.05, 0.1) is 11.3 Å². The van der Waals surface area contributed by atoms with Gasteiger partial charge in [-0.05, 0) is 60.6 Å². The Kier molecular flexibility index (Phi) is 2.54. The Bertz CT molecular complexity index is 895. The van der Waals surface area contributed by atoms with Crippen molar-refractivity contribution < 1.29 is 8.79 Å². The van der Waals surface area contributed by atoms with Crippen molar-refractivity contribution in [1.29, 1.82) is 0 Å². The molecule has 21 heavy (non-hydrogen) atoms. The van der Waals surface area contributed by atoms with E-state index in [2.05, 4.69) is 18.0 Å².